The summed E-state index contributed by atoms with van der Waals surface area (Å²) in [5.74, 6) is 0. The summed E-state index contributed by atoms with van der Waals surface area (Å²) in [7, 11) is 0. The second-order valence-electron chi connectivity index (χ2n) is 6.78. The van der Waals surface area contributed by atoms with Crippen LogP contribution in [0.2, 0.25) is 0 Å². The van der Waals surface area contributed by atoms with Crippen molar-refractivity contribution in [2.45, 2.75) is 64.3 Å². The van der Waals surface area contributed by atoms with E-state index >= 15 is 0 Å². The average molecular weight is 246 g/mol. The van der Waals surface area contributed by atoms with Crippen molar-refractivity contribution < 1.29 is 5.32 Å². The van der Waals surface area contributed by atoms with Crippen molar-refractivity contribution >= 4 is 0 Å². The van der Waals surface area contributed by atoms with E-state index in [-0.39, 0.29) is 5.41 Å². The van der Waals surface area contributed by atoms with Gasteiger partial charge in [0.05, 0.1) is 12.6 Å². The summed E-state index contributed by atoms with van der Waals surface area (Å²) in [4.78, 5) is 0. The molecule has 0 saturated carbocycles. The Labute approximate surface area is 112 Å². The Morgan fingerprint density at radius 1 is 1.06 bits per heavy atom. The zero-order valence-corrected chi connectivity index (χ0v) is 12.2. The summed E-state index contributed by atoms with van der Waals surface area (Å²) in [6.45, 7) is 8.16. The van der Waals surface area contributed by atoms with Crippen LogP contribution in [0.1, 0.15) is 57.6 Å². The predicted octanol–water partition coefficient (Wildman–Crippen LogP) is 3.03. The maximum absolute atomic E-state index is 2.56. The van der Waals surface area contributed by atoms with E-state index < -0.39 is 0 Å². The summed E-state index contributed by atoms with van der Waals surface area (Å²) in [5.41, 5.74) is 3.22. The monoisotopic (exact) mass is 246 g/mol. The van der Waals surface area contributed by atoms with Gasteiger partial charge in [-0.2, -0.15) is 0 Å². The molecular formula is C17H28N+. The molecule has 1 aliphatic rings. The van der Waals surface area contributed by atoms with Crippen LogP contribution in [-0.2, 0) is 11.8 Å². The van der Waals surface area contributed by atoms with Crippen molar-refractivity contribution in [3.63, 3.8) is 0 Å². The molecule has 1 aromatic carbocycles. The van der Waals surface area contributed by atoms with Crippen LogP contribution in [0, 0.1) is 0 Å². The van der Waals surface area contributed by atoms with Crippen LogP contribution < -0.4 is 5.32 Å². The lowest BCUT2D eigenvalue weighted by atomic mass is 9.86. The first-order valence-corrected chi connectivity index (χ1v) is 7.48. The average Bonchev–Trinajstić information content (AvgIpc) is 2.57. The van der Waals surface area contributed by atoms with Crippen LogP contribution in [0.25, 0.3) is 0 Å². The number of nitrogens with two attached hydrogens (primary N) is 1. The van der Waals surface area contributed by atoms with E-state index in [1.54, 1.807) is 0 Å². The molecular weight excluding hydrogens is 218 g/mol. The first kappa shape index (κ1) is 13.6. The Hall–Kier alpha value is -0.820. The Morgan fingerprint density at radius 3 is 2.44 bits per heavy atom. The Bertz CT molecular complexity index is 350. The second-order valence-corrected chi connectivity index (χ2v) is 6.78. The van der Waals surface area contributed by atoms with Crippen LogP contribution in [0.5, 0.6) is 0 Å². The summed E-state index contributed by atoms with van der Waals surface area (Å²) in [6, 6.07) is 10.1. The van der Waals surface area contributed by atoms with Gasteiger partial charge in [-0.3, -0.25) is 0 Å². The van der Waals surface area contributed by atoms with Crippen molar-refractivity contribution in [3.05, 3.63) is 35.4 Å². The molecule has 1 fully saturated rings. The topological polar surface area (TPSA) is 16.6 Å². The number of rotatable bonds is 2. The minimum Gasteiger partial charge on any atom is -0.344 e. The lowest BCUT2D eigenvalue weighted by Gasteiger charge is -2.19. The van der Waals surface area contributed by atoms with Gasteiger partial charge in [0.2, 0.25) is 0 Å². The minimum absolute atomic E-state index is 0.271. The molecule has 18 heavy (non-hydrogen) atoms. The predicted molar refractivity (Wildman–Crippen MR) is 77.9 cm³/mol. The quantitative estimate of drug-likeness (QED) is 0.826. The summed E-state index contributed by atoms with van der Waals surface area (Å²) in [6.07, 6.45) is 6.88. The van der Waals surface area contributed by atoms with E-state index in [0.717, 1.165) is 6.04 Å². The molecule has 1 saturated heterocycles. The van der Waals surface area contributed by atoms with E-state index in [4.69, 9.17) is 0 Å². The van der Waals surface area contributed by atoms with Gasteiger partial charge in [-0.25, -0.2) is 0 Å². The molecule has 100 valence electrons. The molecule has 1 atom stereocenters. The number of hydrogen-bond acceptors (Lipinski definition) is 0. The second kappa shape index (κ2) is 5.88. The molecule has 0 amide bonds. The fourth-order valence-corrected chi connectivity index (χ4v) is 2.83. The van der Waals surface area contributed by atoms with E-state index in [2.05, 4.69) is 50.4 Å². The lowest BCUT2D eigenvalue weighted by Crippen LogP contribution is -2.90. The summed E-state index contributed by atoms with van der Waals surface area (Å²) >= 11 is 0. The molecule has 1 aromatic rings. The van der Waals surface area contributed by atoms with E-state index in [9.17, 15) is 0 Å². The maximum Gasteiger partial charge on any atom is 0.0899 e. The first-order chi connectivity index (χ1) is 8.55. The first-order valence-electron chi connectivity index (χ1n) is 7.48. The molecule has 0 aliphatic carbocycles. The van der Waals surface area contributed by atoms with Crippen molar-refractivity contribution in [1.82, 2.24) is 0 Å². The van der Waals surface area contributed by atoms with Crippen molar-refractivity contribution in [3.8, 4) is 0 Å². The van der Waals surface area contributed by atoms with Crippen LogP contribution in [-0.4, -0.2) is 12.6 Å². The number of hydrogen-bond donors (Lipinski definition) is 1. The third-order valence-corrected chi connectivity index (χ3v) is 4.10. The van der Waals surface area contributed by atoms with E-state index in [1.807, 2.05) is 0 Å². The molecule has 0 spiro atoms. The van der Waals surface area contributed by atoms with Crippen molar-refractivity contribution in [1.29, 1.82) is 0 Å². The van der Waals surface area contributed by atoms with Gasteiger partial charge in [-0.15, -0.1) is 0 Å². The Kier molecular flexibility index (Phi) is 4.45. The van der Waals surface area contributed by atoms with Gasteiger partial charge in [-0.1, -0.05) is 45.0 Å². The molecule has 2 rings (SSSR count). The van der Waals surface area contributed by atoms with Crippen molar-refractivity contribution in [2.75, 3.05) is 6.54 Å². The molecule has 0 aromatic heterocycles. The Morgan fingerprint density at radius 2 is 1.78 bits per heavy atom. The molecule has 1 heteroatoms. The van der Waals surface area contributed by atoms with Crippen LogP contribution in [0.4, 0.5) is 0 Å². The molecule has 1 heterocycles. The third kappa shape index (κ3) is 3.84. The normalized spacial score (nSPS) is 21.6. The molecule has 0 unspecified atom stereocenters. The van der Waals surface area contributed by atoms with Crippen LogP contribution in [0.15, 0.2) is 24.3 Å². The smallest absolute Gasteiger partial charge is 0.0899 e. The highest BCUT2D eigenvalue weighted by atomic mass is 14.9. The van der Waals surface area contributed by atoms with Gasteiger partial charge in [-0.05, 0) is 42.2 Å². The van der Waals surface area contributed by atoms with Crippen LogP contribution in [0.3, 0.4) is 0 Å². The Balaban J connectivity index is 1.97. The highest BCUT2D eigenvalue weighted by Gasteiger charge is 2.16. The van der Waals surface area contributed by atoms with Gasteiger partial charge in [0.15, 0.2) is 0 Å². The van der Waals surface area contributed by atoms with E-state index in [1.165, 1.54) is 49.8 Å². The largest absolute Gasteiger partial charge is 0.344 e. The minimum atomic E-state index is 0.271. The highest BCUT2D eigenvalue weighted by Crippen LogP contribution is 2.22. The summed E-state index contributed by atoms with van der Waals surface area (Å²) in [5, 5.41) is 2.56. The molecule has 0 radical (unpaired) electrons. The van der Waals surface area contributed by atoms with Crippen molar-refractivity contribution in [2.24, 2.45) is 0 Å². The molecule has 0 bridgehead atoms. The molecule has 1 aliphatic heterocycles. The maximum atomic E-state index is 2.56. The van der Waals surface area contributed by atoms with Gasteiger partial charge in [0.25, 0.3) is 0 Å². The molecule has 1 nitrogen and oxygen atoms in total. The van der Waals surface area contributed by atoms with Gasteiger partial charge in [0, 0.05) is 6.42 Å². The third-order valence-electron chi connectivity index (χ3n) is 4.10. The lowest BCUT2D eigenvalue weighted by molar-refractivity contribution is -0.687. The summed E-state index contributed by atoms with van der Waals surface area (Å²) < 4.78 is 0. The fraction of sp³-hybridized carbons (Fsp3) is 0.647. The zero-order chi connectivity index (χ0) is 13.0. The van der Waals surface area contributed by atoms with E-state index in [0.29, 0.717) is 0 Å². The number of quaternary nitrogens is 1. The van der Waals surface area contributed by atoms with Gasteiger partial charge >= 0.3 is 0 Å². The zero-order valence-electron chi connectivity index (χ0n) is 12.2. The molecule has 2 N–H and O–H groups in total. The standard InChI is InChI=1S/C17H27N/c1-17(2,3)15-10-8-14(9-11-15)13-16-7-5-4-6-12-18-16/h8-11,16,18H,4-7,12-13H2,1-3H3/p+1/t16-/m0/s1. The fourth-order valence-electron chi connectivity index (χ4n) is 2.83. The van der Waals surface area contributed by atoms with Gasteiger partial charge in [0.1, 0.15) is 0 Å². The van der Waals surface area contributed by atoms with Crippen LogP contribution >= 0.6 is 0 Å². The highest BCUT2D eigenvalue weighted by molar-refractivity contribution is 5.27. The SMILES string of the molecule is CC(C)(C)c1ccc(C[C@@H]2CCCCC[NH2+]2)cc1. The number of benzene rings is 1. The van der Waals surface area contributed by atoms with Gasteiger partial charge < -0.3 is 5.32 Å².